The lowest BCUT2D eigenvalue weighted by Gasteiger charge is -2.12. The molecule has 44 valence electrons. The molecule has 7 heavy (non-hydrogen) atoms. The third-order valence-electron chi connectivity index (χ3n) is 1.40. The molecule has 0 aliphatic heterocycles. The van der Waals surface area contributed by atoms with Gasteiger partial charge in [-0.05, 0) is 6.92 Å². The number of hydrogen-bond donors (Lipinski definition) is 1. The second-order valence-corrected chi connectivity index (χ2v) is 6.67. The van der Waals surface area contributed by atoms with Crippen LogP contribution in [0.2, 0.25) is 0 Å². The number of hydrogen-bond acceptors (Lipinski definition) is 1. The fourth-order valence-electron chi connectivity index (χ4n) is 0.158. The summed E-state index contributed by atoms with van der Waals surface area (Å²) in [5.41, 5.74) is 0. The monoisotopic (exact) mass is 120 g/mol. The van der Waals surface area contributed by atoms with E-state index in [0.717, 1.165) is 0 Å². The number of nitrogens with one attached hydrogen (secondary N) is 1. The van der Waals surface area contributed by atoms with Crippen molar-refractivity contribution in [2.45, 2.75) is 6.92 Å². The third-order valence-corrected chi connectivity index (χ3v) is 4.19. The Morgan fingerprint density at radius 3 is 1.86 bits per heavy atom. The van der Waals surface area contributed by atoms with Crippen molar-refractivity contribution in [2.75, 3.05) is 26.5 Å². The normalized spacial score (nSPS) is 12.0. The molecule has 0 aromatic rings. The largest absolute Gasteiger partial charge is 0.196 e. The average molecular weight is 120 g/mol. The first-order chi connectivity index (χ1) is 3.12. The molecule has 0 spiro atoms. The van der Waals surface area contributed by atoms with Crippen molar-refractivity contribution in [2.24, 2.45) is 0 Å². The van der Waals surface area contributed by atoms with Gasteiger partial charge >= 0.3 is 0 Å². The first-order valence-electron chi connectivity index (χ1n) is 2.64. The predicted octanol–water partition coefficient (Wildman–Crippen LogP) is 1.42. The highest BCUT2D eigenvalue weighted by atomic mass is 31.2. The van der Waals surface area contributed by atoms with E-state index in [1.54, 1.807) is 0 Å². The molecule has 0 aliphatic rings. The summed E-state index contributed by atoms with van der Waals surface area (Å²) in [6.07, 6.45) is 1.30. The highest BCUT2D eigenvalue weighted by Crippen LogP contribution is 2.44. The second kappa shape index (κ2) is 2.64. The zero-order chi connectivity index (χ0) is 5.91. The van der Waals surface area contributed by atoms with Crippen LogP contribution in [0.1, 0.15) is 6.92 Å². The molecule has 0 saturated carbocycles. The Bertz CT molecular complexity index is 46.0. The average Bonchev–Trinajstić information content (AvgIpc) is 1.68. The molecule has 0 bridgehead atoms. The first-order valence-corrected chi connectivity index (χ1v) is 5.51. The van der Waals surface area contributed by atoms with Crippen LogP contribution >= 0.6 is 7.41 Å². The molecule has 1 nitrogen and oxygen atoms in total. The molecule has 0 aromatic heterocycles. The second-order valence-electron chi connectivity index (χ2n) is 2.22. The quantitative estimate of drug-likeness (QED) is 0.543. The molecule has 0 aliphatic carbocycles. The lowest BCUT2D eigenvalue weighted by molar-refractivity contribution is 1.21. The van der Waals surface area contributed by atoms with Gasteiger partial charge in [-0.1, -0.05) is 0 Å². The van der Waals surface area contributed by atoms with Crippen LogP contribution in [0.4, 0.5) is 0 Å². The fourth-order valence-corrected chi connectivity index (χ4v) is 0.474. The van der Waals surface area contributed by atoms with E-state index in [1.165, 1.54) is 6.16 Å². The summed E-state index contributed by atoms with van der Waals surface area (Å²) in [7, 11) is 1.38. The van der Waals surface area contributed by atoms with Gasteiger partial charge in [0.1, 0.15) is 0 Å². The molecule has 0 saturated heterocycles. The minimum Gasteiger partial charge on any atom is -0.196 e. The van der Waals surface area contributed by atoms with Crippen molar-refractivity contribution in [3.63, 3.8) is 0 Å². The van der Waals surface area contributed by atoms with E-state index in [-0.39, 0.29) is 0 Å². The molecule has 0 amide bonds. The van der Waals surface area contributed by atoms with Gasteiger partial charge in [-0.3, -0.25) is 0 Å². The van der Waals surface area contributed by atoms with E-state index in [1.807, 2.05) is 7.05 Å². The van der Waals surface area contributed by atoms with Crippen molar-refractivity contribution in [1.82, 2.24) is 5.09 Å². The summed E-state index contributed by atoms with van der Waals surface area (Å²) in [6, 6.07) is 0. The maximum absolute atomic E-state index is 3.30. The van der Waals surface area contributed by atoms with E-state index in [4.69, 9.17) is 0 Å². The Balaban J connectivity index is 3.36. The minimum atomic E-state index is -0.654. The van der Waals surface area contributed by atoms with Gasteiger partial charge in [-0.2, -0.15) is 5.09 Å². The van der Waals surface area contributed by atoms with Crippen molar-refractivity contribution in [3.05, 3.63) is 0 Å². The molecular formula is C5H15NP+. The zero-order valence-electron chi connectivity index (χ0n) is 5.65. The van der Waals surface area contributed by atoms with Crippen molar-refractivity contribution >= 4 is 7.41 Å². The van der Waals surface area contributed by atoms with Crippen molar-refractivity contribution in [3.8, 4) is 0 Å². The molecule has 1 N–H and O–H groups in total. The summed E-state index contributed by atoms with van der Waals surface area (Å²) in [5.74, 6) is 0. The van der Waals surface area contributed by atoms with Crippen LogP contribution in [-0.4, -0.2) is 26.5 Å². The molecular weight excluding hydrogens is 105 g/mol. The Labute approximate surface area is 46.9 Å². The van der Waals surface area contributed by atoms with Gasteiger partial charge in [-0.25, -0.2) is 0 Å². The topological polar surface area (TPSA) is 12.0 Å². The summed E-state index contributed by atoms with van der Waals surface area (Å²) in [5, 5.41) is 3.30. The standard InChI is InChI=1S/C5H15NP/c1-5-7(3,4)6-2/h6H,5H2,1-4H3/q+1. The highest BCUT2D eigenvalue weighted by Gasteiger charge is 2.17. The zero-order valence-corrected chi connectivity index (χ0v) is 6.55. The Morgan fingerprint density at radius 2 is 1.86 bits per heavy atom. The van der Waals surface area contributed by atoms with Crippen LogP contribution in [0.15, 0.2) is 0 Å². The van der Waals surface area contributed by atoms with Gasteiger partial charge in [0.2, 0.25) is 0 Å². The minimum absolute atomic E-state index is 0.654. The maximum Gasteiger partial charge on any atom is 0.0733 e. The third kappa shape index (κ3) is 3.02. The van der Waals surface area contributed by atoms with Crippen LogP contribution in [0.25, 0.3) is 0 Å². The van der Waals surface area contributed by atoms with Crippen LogP contribution in [0.3, 0.4) is 0 Å². The van der Waals surface area contributed by atoms with Gasteiger partial charge in [0.05, 0.1) is 26.9 Å². The predicted molar refractivity (Wildman–Crippen MR) is 38.4 cm³/mol. The molecule has 0 aromatic carbocycles. The van der Waals surface area contributed by atoms with Gasteiger partial charge < -0.3 is 0 Å². The van der Waals surface area contributed by atoms with Gasteiger partial charge in [0, 0.05) is 7.05 Å². The smallest absolute Gasteiger partial charge is 0.0733 e. The lowest BCUT2D eigenvalue weighted by atomic mass is 11.0. The van der Waals surface area contributed by atoms with Crippen molar-refractivity contribution in [1.29, 1.82) is 0 Å². The van der Waals surface area contributed by atoms with E-state index < -0.39 is 7.41 Å². The molecule has 0 atom stereocenters. The van der Waals surface area contributed by atoms with Gasteiger partial charge in [0.25, 0.3) is 0 Å². The Morgan fingerprint density at radius 1 is 1.43 bits per heavy atom. The van der Waals surface area contributed by atoms with Crippen LogP contribution in [0.5, 0.6) is 0 Å². The summed E-state index contributed by atoms with van der Waals surface area (Å²) in [4.78, 5) is 0. The van der Waals surface area contributed by atoms with Crippen LogP contribution in [-0.2, 0) is 0 Å². The molecule has 0 heterocycles. The maximum atomic E-state index is 3.30. The molecule has 0 radical (unpaired) electrons. The highest BCUT2D eigenvalue weighted by molar-refractivity contribution is 7.72. The summed E-state index contributed by atoms with van der Waals surface area (Å²) < 4.78 is 0. The van der Waals surface area contributed by atoms with E-state index in [2.05, 4.69) is 25.3 Å². The molecule has 0 unspecified atom stereocenters. The van der Waals surface area contributed by atoms with Gasteiger partial charge in [0.15, 0.2) is 0 Å². The van der Waals surface area contributed by atoms with Gasteiger partial charge in [-0.15, -0.1) is 0 Å². The SMILES string of the molecule is CC[P+](C)(C)NC. The number of rotatable bonds is 2. The molecule has 0 rings (SSSR count). The fraction of sp³-hybridized carbons (Fsp3) is 1.00. The van der Waals surface area contributed by atoms with E-state index in [0.29, 0.717) is 0 Å². The van der Waals surface area contributed by atoms with Crippen LogP contribution in [0, 0.1) is 0 Å². The molecule has 2 heteroatoms. The van der Waals surface area contributed by atoms with Crippen molar-refractivity contribution < 1.29 is 0 Å². The van der Waals surface area contributed by atoms with E-state index >= 15 is 0 Å². The van der Waals surface area contributed by atoms with E-state index in [9.17, 15) is 0 Å². The summed E-state index contributed by atoms with van der Waals surface area (Å²) >= 11 is 0. The lowest BCUT2D eigenvalue weighted by Crippen LogP contribution is -2.08. The first kappa shape index (κ1) is 7.39. The Hall–Kier alpha value is 0.390. The summed E-state index contributed by atoms with van der Waals surface area (Å²) in [6.45, 7) is 6.82. The Kier molecular flexibility index (Phi) is 2.78. The van der Waals surface area contributed by atoms with Crippen LogP contribution < -0.4 is 5.09 Å². The molecule has 0 fully saturated rings.